The first-order valence-electron chi connectivity index (χ1n) is 8.66. The van der Waals surface area contributed by atoms with Crippen molar-refractivity contribution in [3.8, 4) is 5.88 Å². The van der Waals surface area contributed by atoms with Crippen molar-refractivity contribution in [1.82, 2.24) is 10.2 Å². The van der Waals surface area contributed by atoms with E-state index in [1.807, 2.05) is 6.92 Å². The highest BCUT2D eigenvalue weighted by Gasteiger charge is 2.37. The highest BCUT2D eigenvalue weighted by Crippen LogP contribution is 2.46. The second kappa shape index (κ2) is 8.10. The Balaban J connectivity index is 1.68. The lowest BCUT2D eigenvalue weighted by Gasteiger charge is -2.37. The molecule has 0 radical (unpaired) electrons. The molecule has 1 aliphatic rings. The van der Waals surface area contributed by atoms with Gasteiger partial charge in [0.15, 0.2) is 6.61 Å². The molecule has 2 heterocycles. The van der Waals surface area contributed by atoms with Gasteiger partial charge in [0.1, 0.15) is 6.10 Å². The molecule has 0 saturated carbocycles. The zero-order chi connectivity index (χ0) is 21.3. The smallest absolute Gasteiger partial charge is 0.422 e. The fraction of sp³-hybridized carbons (Fsp3) is 0.500. The normalized spacial score (nSPS) is 23.2. The average molecular weight is 440 g/mol. The van der Waals surface area contributed by atoms with Crippen molar-refractivity contribution in [3.63, 3.8) is 0 Å². The maximum absolute atomic E-state index is 12.9. The van der Waals surface area contributed by atoms with E-state index in [-0.39, 0.29) is 5.88 Å². The van der Waals surface area contributed by atoms with Gasteiger partial charge in [-0.3, -0.25) is 5.10 Å². The Morgan fingerprint density at radius 3 is 2.69 bits per heavy atom. The highest BCUT2D eigenvalue weighted by atomic mass is 32.2. The predicted octanol–water partition coefficient (Wildman–Crippen LogP) is 5.77. The van der Waals surface area contributed by atoms with E-state index < -0.39 is 35.4 Å². The molecule has 29 heavy (non-hydrogen) atoms. The fourth-order valence-electron chi connectivity index (χ4n) is 2.99. The lowest BCUT2D eigenvalue weighted by molar-refractivity contribution is -0.154. The number of hydrogen-bond acceptors (Lipinski definition) is 4. The summed E-state index contributed by atoms with van der Waals surface area (Å²) in [6, 6.07) is 6.46. The monoisotopic (exact) mass is 440 g/mol. The highest BCUT2D eigenvalue weighted by molar-refractivity contribution is 8.00. The van der Waals surface area contributed by atoms with Gasteiger partial charge in [0, 0.05) is 22.3 Å². The Kier molecular flexibility index (Phi) is 6.09. The summed E-state index contributed by atoms with van der Waals surface area (Å²) in [5.41, 5.74) is -0.257. The molecule has 2 unspecified atom stereocenters. The van der Waals surface area contributed by atoms with E-state index in [4.69, 9.17) is 4.74 Å². The molecule has 0 bridgehead atoms. The Labute approximate surface area is 167 Å². The van der Waals surface area contributed by atoms with Crippen LogP contribution in [0.3, 0.4) is 0 Å². The third kappa shape index (κ3) is 6.05. The predicted molar refractivity (Wildman–Crippen MR) is 93.8 cm³/mol. The zero-order valence-electron chi connectivity index (χ0n) is 15.2. The van der Waals surface area contributed by atoms with Crippen molar-refractivity contribution in [3.05, 3.63) is 41.6 Å². The van der Waals surface area contributed by atoms with E-state index >= 15 is 0 Å². The van der Waals surface area contributed by atoms with E-state index in [9.17, 15) is 26.3 Å². The van der Waals surface area contributed by atoms with Crippen LogP contribution >= 0.6 is 11.8 Å². The van der Waals surface area contributed by atoms with Gasteiger partial charge in [-0.25, -0.2) is 0 Å². The second-order valence-corrected chi connectivity index (χ2v) is 8.62. The zero-order valence-corrected chi connectivity index (χ0v) is 16.0. The minimum atomic E-state index is -4.47. The van der Waals surface area contributed by atoms with Crippen LogP contribution in [0.1, 0.15) is 37.1 Å². The Morgan fingerprint density at radius 1 is 1.24 bits per heavy atom. The van der Waals surface area contributed by atoms with Gasteiger partial charge >= 0.3 is 12.4 Å². The molecule has 1 aromatic carbocycles. The topological polar surface area (TPSA) is 47.1 Å². The van der Waals surface area contributed by atoms with Crippen LogP contribution in [0.25, 0.3) is 0 Å². The Bertz CT molecular complexity index is 838. The number of thioether (sulfide) groups is 1. The summed E-state index contributed by atoms with van der Waals surface area (Å²) in [5, 5.41) is 6.32. The molecule has 1 fully saturated rings. The van der Waals surface area contributed by atoms with Crippen LogP contribution in [0, 0.1) is 0 Å². The first-order chi connectivity index (χ1) is 13.4. The standard InChI is InChI=1S/C18H18F6N2O2S/c1-16(29-12-4-2-3-11(7-12)18(22,23)24)5-6-27-14(9-16)13-8-15(26-25-13)28-10-17(19,20)21/h2-4,7-8,14H,5-6,9-10H2,1H3,(H,25,26). The van der Waals surface area contributed by atoms with E-state index in [0.717, 1.165) is 12.1 Å². The number of ether oxygens (including phenoxy) is 2. The van der Waals surface area contributed by atoms with Crippen LogP contribution < -0.4 is 4.74 Å². The average Bonchev–Trinajstić information content (AvgIpc) is 3.08. The number of alkyl halides is 6. The molecule has 2 aromatic rings. The van der Waals surface area contributed by atoms with Crippen LogP contribution in [-0.2, 0) is 10.9 Å². The van der Waals surface area contributed by atoms with E-state index in [2.05, 4.69) is 14.9 Å². The minimum Gasteiger partial charge on any atom is -0.467 e. The van der Waals surface area contributed by atoms with Crippen molar-refractivity contribution in [2.24, 2.45) is 0 Å². The molecule has 160 valence electrons. The van der Waals surface area contributed by atoms with Gasteiger partial charge in [-0.2, -0.15) is 26.3 Å². The van der Waals surface area contributed by atoms with Crippen LogP contribution in [0.2, 0.25) is 0 Å². The summed E-state index contributed by atoms with van der Waals surface area (Å²) in [6.07, 6.45) is -8.33. The lowest BCUT2D eigenvalue weighted by atomic mass is 9.95. The van der Waals surface area contributed by atoms with Crippen molar-refractivity contribution >= 4 is 11.8 Å². The maximum atomic E-state index is 12.9. The third-order valence-corrected chi connectivity index (χ3v) is 5.75. The van der Waals surface area contributed by atoms with Gasteiger partial charge in [-0.1, -0.05) is 6.07 Å². The minimum absolute atomic E-state index is 0.196. The van der Waals surface area contributed by atoms with Crippen molar-refractivity contribution < 1.29 is 35.8 Å². The Hall–Kier alpha value is -1.88. The van der Waals surface area contributed by atoms with Gasteiger partial charge in [0.05, 0.1) is 11.3 Å². The third-order valence-electron chi connectivity index (χ3n) is 4.40. The van der Waals surface area contributed by atoms with E-state index in [1.54, 1.807) is 6.07 Å². The van der Waals surface area contributed by atoms with Crippen molar-refractivity contribution in [1.29, 1.82) is 0 Å². The van der Waals surface area contributed by atoms with Crippen LogP contribution in [-0.4, -0.2) is 34.3 Å². The van der Waals surface area contributed by atoms with Gasteiger partial charge in [-0.05, 0) is 38.0 Å². The quantitative estimate of drug-likeness (QED) is 0.600. The molecule has 1 saturated heterocycles. The number of aromatic nitrogens is 2. The number of hydrogen-bond donors (Lipinski definition) is 1. The number of halogens is 6. The molecule has 0 aliphatic carbocycles. The first-order valence-corrected chi connectivity index (χ1v) is 9.48. The molecule has 2 atom stereocenters. The summed E-state index contributed by atoms with van der Waals surface area (Å²) in [4.78, 5) is 0.488. The molecule has 1 N–H and O–H groups in total. The molecule has 3 rings (SSSR count). The SMILES string of the molecule is CC1(Sc2cccc(C(F)(F)F)c2)CCOC(c2cc(OCC(F)(F)F)n[nH]2)C1. The Morgan fingerprint density at radius 2 is 2.00 bits per heavy atom. The maximum Gasteiger partial charge on any atom is 0.422 e. The van der Waals surface area contributed by atoms with Gasteiger partial charge in [0.2, 0.25) is 5.88 Å². The van der Waals surface area contributed by atoms with Crippen LogP contribution in [0.15, 0.2) is 35.2 Å². The molecule has 0 spiro atoms. The lowest BCUT2D eigenvalue weighted by Crippen LogP contribution is -2.32. The number of nitrogens with zero attached hydrogens (tertiary/aromatic N) is 1. The van der Waals surface area contributed by atoms with E-state index in [0.29, 0.717) is 30.0 Å². The molecule has 11 heteroatoms. The molecule has 1 aliphatic heterocycles. The first kappa shape index (κ1) is 21.8. The molecular formula is C18H18F6N2O2S. The summed E-state index contributed by atoms with van der Waals surface area (Å²) < 4.78 is 85.4. The van der Waals surface area contributed by atoms with Crippen molar-refractivity contribution in [2.75, 3.05) is 13.2 Å². The molecular weight excluding hydrogens is 422 g/mol. The summed E-state index contributed by atoms with van der Waals surface area (Å²) in [7, 11) is 0. The molecule has 1 aromatic heterocycles. The van der Waals surface area contributed by atoms with Crippen LogP contribution in [0.5, 0.6) is 5.88 Å². The number of rotatable bonds is 5. The van der Waals surface area contributed by atoms with Crippen molar-refractivity contribution in [2.45, 2.75) is 47.9 Å². The second-order valence-electron chi connectivity index (χ2n) is 6.96. The molecule has 4 nitrogen and oxygen atoms in total. The van der Waals surface area contributed by atoms with E-state index in [1.165, 1.54) is 23.9 Å². The number of benzene rings is 1. The van der Waals surface area contributed by atoms with Gasteiger partial charge in [-0.15, -0.1) is 16.9 Å². The number of aromatic amines is 1. The van der Waals surface area contributed by atoms with Gasteiger partial charge in [0.25, 0.3) is 0 Å². The largest absolute Gasteiger partial charge is 0.467 e. The summed E-state index contributed by atoms with van der Waals surface area (Å²) >= 11 is 1.32. The van der Waals surface area contributed by atoms with Gasteiger partial charge < -0.3 is 9.47 Å². The number of nitrogens with one attached hydrogen (secondary N) is 1. The molecule has 0 amide bonds. The fourth-order valence-corrected chi connectivity index (χ4v) is 4.32. The summed E-state index contributed by atoms with van der Waals surface area (Å²) in [5.74, 6) is -0.196. The summed E-state index contributed by atoms with van der Waals surface area (Å²) in [6.45, 7) is 0.821. The number of H-pyrrole nitrogens is 1. The van der Waals surface area contributed by atoms with Crippen LogP contribution in [0.4, 0.5) is 26.3 Å².